The molecule has 10 nitrogen and oxygen atoms in total. The number of piperidine rings is 1. The molecule has 2 unspecified atom stereocenters. The Kier molecular flexibility index (Phi) is 8.68. The summed E-state index contributed by atoms with van der Waals surface area (Å²) in [5.74, 6) is 2.71. The van der Waals surface area contributed by atoms with Crippen LogP contribution < -0.4 is 10.6 Å². The van der Waals surface area contributed by atoms with Crippen LogP contribution in [-0.2, 0) is 19.4 Å². The number of nitrogen functional groups attached to an aromatic ring is 1. The maximum absolute atomic E-state index is 10.1. The van der Waals surface area contributed by atoms with Crippen molar-refractivity contribution >= 4 is 33.2 Å². The monoisotopic (exact) mass is 601 g/mol. The van der Waals surface area contributed by atoms with E-state index >= 15 is 0 Å². The number of hydrogen-bond donors (Lipinski definition) is 1. The Morgan fingerprint density at radius 2 is 1.98 bits per heavy atom. The fraction of sp³-hybridized carbons (Fsp3) is 0.594. The number of nitriles is 1. The standard InChI is InChI=1S/C32H43N9OS/c1-5-7-13-22-27(38-42-28(22)26-23(16-33)29(34)43-25(26)10-6-2)30-36-31(40-15-8-11-20(3)18-40)24-17-35-41(32(24)37-30)19-21-12-9-14-39(21)4/h17,20-21H,5-15,18-19,34H2,1-4H3. The molecule has 2 aliphatic heterocycles. The average Bonchev–Trinajstić information content (AvgIpc) is 3.78. The van der Waals surface area contributed by atoms with Gasteiger partial charge in [-0.2, -0.15) is 10.4 Å². The van der Waals surface area contributed by atoms with Gasteiger partial charge in [0.05, 0.1) is 29.3 Å². The van der Waals surface area contributed by atoms with E-state index in [9.17, 15) is 5.26 Å². The lowest BCUT2D eigenvalue weighted by molar-refractivity contribution is 0.276. The Morgan fingerprint density at radius 3 is 2.70 bits per heavy atom. The van der Waals surface area contributed by atoms with Crippen molar-refractivity contribution in [3.63, 3.8) is 0 Å². The lowest BCUT2D eigenvalue weighted by Gasteiger charge is -2.32. The van der Waals surface area contributed by atoms with Gasteiger partial charge in [0.25, 0.3) is 0 Å². The van der Waals surface area contributed by atoms with Crippen molar-refractivity contribution in [2.75, 3.05) is 37.3 Å². The van der Waals surface area contributed by atoms with Crippen LogP contribution in [0.2, 0.25) is 0 Å². The van der Waals surface area contributed by atoms with Crippen LogP contribution in [0, 0.1) is 17.2 Å². The molecule has 11 heteroatoms. The molecule has 2 fully saturated rings. The summed E-state index contributed by atoms with van der Waals surface area (Å²) in [5, 5.41) is 21.1. The smallest absolute Gasteiger partial charge is 0.186 e. The van der Waals surface area contributed by atoms with Crippen molar-refractivity contribution in [3.8, 4) is 28.9 Å². The molecular formula is C32H43N9OS. The highest BCUT2D eigenvalue weighted by atomic mass is 32.1. The zero-order valence-electron chi connectivity index (χ0n) is 25.9. The van der Waals surface area contributed by atoms with Crippen molar-refractivity contribution in [2.45, 2.75) is 91.1 Å². The Labute approximate surface area is 257 Å². The number of likely N-dealkylation sites (N-methyl/N-ethyl adjacent to an activating group) is 1. The van der Waals surface area contributed by atoms with Crippen molar-refractivity contribution < 1.29 is 4.52 Å². The van der Waals surface area contributed by atoms with E-state index in [-0.39, 0.29) is 0 Å². The van der Waals surface area contributed by atoms with Gasteiger partial charge in [0, 0.05) is 29.6 Å². The molecule has 6 rings (SSSR count). The fourth-order valence-corrected chi connectivity index (χ4v) is 7.85. The summed E-state index contributed by atoms with van der Waals surface area (Å²) in [5.41, 5.74) is 10.0. The van der Waals surface area contributed by atoms with Crippen LogP contribution in [0.15, 0.2) is 10.7 Å². The van der Waals surface area contributed by atoms with Crippen molar-refractivity contribution in [3.05, 3.63) is 22.2 Å². The minimum atomic E-state index is 0.434. The van der Waals surface area contributed by atoms with E-state index in [1.807, 2.05) is 6.20 Å². The SMILES string of the molecule is CCCCc1c(-c2nc(N3CCCC(C)C3)c3cnn(CC4CCCN4C)c3n2)noc1-c1c(CCC)sc(N)c1C#N. The van der Waals surface area contributed by atoms with Gasteiger partial charge in [-0.25, -0.2) is 14.6 Å². The summed E-state index contributed by atoms with van der Waals surface area (Å²) in [6.07, 6.45) is 11.2. The van der Waals surface area contributed by atoms with Crippen LogP contribution in [-0.4, -0.2) is 62.5 Å². The molecule has 2 N–H and O–H groups in total. The number of fused-ring (bicyclic) bond motifs is 1. The summed E-state index contributed by atoms with van der Waals surface area (Å²) in [6.45, 7) is 10.4. The van der Waals surface area contributed by atoms with Crippen LogP contribution in [0.4, 0.5) is 10.8 Å². The van der Waals surface area contributed by atoms with E-state index in [0.717, 1.165) is 104 Å². The lowest BCUT2D eigenvalue weighted by atomic mass is 9.98. The normalized spacial score (nSPS) is 19.5. The Morgan fingerprint density at radius 1 is 1.14 bits per heavy atom. The highest BCUT2D eigenvalue weighted by molar-refractivity contribution is 7.16. The summed E-state index contributed by atoms with van der Waals surface area (Å²) in [4.78, 5) is 16.3. The van der Waals surface area contributed by atoms with Crippen LogP contribution in [0.5, 0.6) is 0 Å². The second-order valence-electron chi connectivity index (χ2n) is 12.3. The topological polar surface area (TPSA) is 126 Å². The number of nitrogens with zero attached hydrogens (tertiary/aromatic N) is 8. The molecule has 0 spiro atoms. The highest BCUT2D eigenvalue weighted by Gasteiger charge is 2.30. The van der Waals surface area contributed by atoms with Crippen molar-refractivity contribution in [2.24, 2.45) is 5.92 Å². The third-order valence-electron chi connectivity index (χ3n) is 9.09. The van der Waals surface area contributed by atoms with Gasteiger partial charge in [0.1, 0.15) is 16.9 Å². The number of anilines is 2. The second-order valence-corrected chi connectivity index (χ2v) is 13.5. The molecule has 43 heavy (non-hydrogen) atoms. The molecule has 2 saturated heterocycles. The third-order valence-corrected chi connectivity index (χ3v) is 10.2. The van der Waals surface area contributed by atoms with Gasteiger partial charge >= 0.3 is 0 Å². The van der Waals surface area contributed by atoms with Crippen LogP contribution in [0.3, 0.4) is 0 Å². The third kappa shape index (κ3) is 5.63. The average molecular weight is 602 g/mol. The van der Waals surface area contributed by atoms with Crippen LogP contribution in [0.1, 0.15) is 81.7 Å². The maximum Gasteiger partial charge on any atom is 0.186 e. The number of nitrogens with two attached hydrogens (primary N) is 1. The lowest BCUT2D eigenvalue weighted by Crippen LogP contribution is -2.35. The van der Waals surface area contributed by atoms with Crippen molar-refractivity contribution in [1.29, 1.82) is 5.26 Å². The molecule has 2 atom stereocenters. The molecule has 4 aromatic rings. The van der Waals surface area contributed by atoms with Crippen LogP contribution in [0.25, 0.3) is 33.9 Å². The van der Waals surface area contributed by atoms with Gasteiger partial charge in [-0.1, -0.05) is 38.8 Å². The highest BCUT2D eigenvalue weighted by Crippen LogP contribution is 2.43. The molecule has 0 radical (unpaired) electrons. The molecule has 6 heterocycles. The van der Waals surface area contributed by atoms with E-state index in [4.69, 9.17) is 25.3 Å². The Bertz CT molecular complexity index is 1630. The van der Waals surface area contributed by atoms with Gasteiger partial charge < -0.3 is 20.1 Å². The van der Waals surface area contributed by atoms with E-state index in [1.165, 1.54) is 24.2 Å². The molecule has 228 valence electrons. The fourth-order valence-electron chi connectivity index (χ4n) is 6.73. The van der Waals surface area contributed by atoms with Gasteiger partial charge in [-0.15, -0.1) is 11.3 Å². The first-order chi connectivity index (χ1) is 20.9. The van der Waals surface area contributed by atoms with E-state index in [2.05, 4.69) is 53.5 Å². The summed E-state index contributed by atoms with van der Waals surface area (Å²) < 4.78 is 8.21. The molecule has 0 aromatic carbocycles. The first-order valence-electron chi connectivity index (χ1n) is 15.9. The van der Waals surface area contributed by atoms with E-state index < -0.39 is 0 Å². The minimum absolute atomic E-state index is 0.434. The minimum Gasteiger partial charge on any atom is -0.389 e. The predicted molar refractivity (Wildman–Crippen MR) is 172 cm³/mol. The summed E-state index contributed by atoms with van der Waals surface area (Å²) in [7, 11) is 2.20. The van der Waals surface area contributed by atoms with E-state index in [0.29, 0.717) is 39.8 Å². The Hall–Kier alpha value is -3.49. The summed E-state index contributed by atoms with van der Waals surface area (Å²) in [6, 6.07) is 2.77. The van der Waals surface area contributed by atoms with Crippen molar-refractivity contribution in [1.82, 2.24) is 29.8 Å². The first-order valence-corrected chi connectivity index (χ1v) is 16.7. The number of thiophene rings is 1. The zero-order chi connectivity index (χ0) is 30.1. The molecule has 2 aliphatic rings. The van der Waals surface area contributed by atoms with Gasteiger partial charge in [-0.3, -0.25) is 0 Å². The van der Waals surface area contributed by atoms with E-state index in [1.54, 1.807) is 0 Å². The molecular weight excluding hydrogens is 558 g/mol. The first kappa shape index (κ1) is 29.6. The molecule has 0 bridgehead atoms. The maximum atomic E-state index is 10.1. The van der Waals surface area contributed by atoms with Gasteiger partial charge in [0.15, 0.2) is 22.9 Å². The number of rotatable bonds is 10. The summed E-state index contributed by atoms with van der Waals surface area (Å²) >= 11 is 1.48. The molecule has 0 saturated carbocycles. The second kappa shape index (κ2) is 12.6. The van der Waals surface area contributed by atoms with Gasteiger partial charge in [-0.05, 0) is 64.5 Å². The quantitative estimate of drug-likeness (QED) is 0.223. The molecule has 4 aromatic heterocycles. The number of aryl methyl sites for hydroxylation is 1. The zero-order valence-corrected chi connectivity index (χ0v) is 26.7. The van der Waals surface area contributed by atoms with Gasteiger partial charge in [0.2, 0.25) is 0 Å². The number of hydrogen-bond acceptors (Lipinski definition) is 10. The van der Waals surface area contributed by atoms with Crippen LogP contribution >= 0.6 is 11.3 Å². The number of aromatic nitrogens is 5. The number of likely N-dealkylation sites (tertiary alicyclic amines) is 1. The Balaban J connectivity index is 1.52. The molecule has 0 aliphatic carbocycles. The molecule has 0 amide bonds. The largest absolute Gasteiger partial charge is 0.389 e. The predicted octanol–water partition coefficient (Wildman–Crippen LogP) is 6.29. The number of unbranched alkanes of at least 4 members (excludes halogenated alkanes) is 1.